The molecule has 0 saturated heterocycles. The number of aromatic nitrogens is 1. The molecular weight excluding hydrogens is 370 g/mol. The summed E-state index contributed by atoms with van der Waals surface area (Å²) >= 11 is 0. The number of hydrogen-bond donors (Lipinski definition) is 1. The first-order valence-electron chi connectivity index (χ1n) is 9.39. The van der Waals surface area contributed by atoms with Gasteiger partial charge in [-0.1, -0.05) is 48.5 Å². The van der Waals surface area contributed by atoms with Crippen LogP contribution in [0.2, 0.25) is 0 Å². The SMILES string of the molecule is O=S(=O)(c1ccc(CNCc2ccccc2)cc1)N1CCc2cccnc2C1. The topological polar surface area (TPSA) is 62.3 Å². The van der Waals surface area contributed by atoms with E-state index < -0.39 is 10.0 Å². The van der Waals surface area contributed by atoms with Crippen molar-refractivity contribution in [3.63, 3.8) is 0 Å². The van der Waals surface area contributed by atoms with Crippen molar-refractivity contribution < 1.29 is 8.42 Å². The Morgan fingerprint density at radius 1 is 0.893 bits per heavy atom. The summed E-state index contributed by atoms with van der Waals surface area (Å²) in [5.74, 6) is 0. The van der Waals surface area contributed by atoms with Crippen LogP contribution in [-0.2, 0) is 36.1 Å². The standard InChI is InChI=1S/C22H23N3O2S/c26-28(27,25-14-12-20-7-4-13-24-22(20)17-25)21-10-8-19(9-11-21)16-23-15-18-5-2-1-3-6-18/h1-11,13,23H,12,14-17H2. The van der Waals surface area contributed by atoms with Crippen LogP contribution >= 0.6 is 0 Å². The van der Waals surface area contributed by atoms with Crippen molar-refractivity contribution in [3.8, 4) is 0 Å². The van der Waals surface area contributed by atoms with E-state index in [0.29, 0.717) is 31.0 Å². The summed E-state index contributed by atoms with van der Waals surface area (Å²) in [5.41, 5.74) is 4.26. The van der Waals surface area contributed by atoms with E-state index in [-0.39, 0.29) is 0 Å². The molecule has 0 atom stereocenters. The molecule has 144 valence electrons. The van der Waals surface area contributed by atoms with Gasteiger partial charge in [0.1, 0.15) is 0 Å². The second-order valence-electron chi connectivity index (χ2n) is 6.93. The molecule has 3 aromatic rings. The van der Waals surface area contributed by atoms with Crippen molar-refractivity contribution in [3.05, 3.63) is 95.3 Å². The van der Waals surface area contributed by atoms with E-state index in [0.717, 1.165) is 23.4 Å². The summed E-state index contributed by atoms with van der Waals surface area (Å²) in [6.45, 7) is 2.29. The third-order valence-electron chi connectivity index (χ3n) is 5.00. The molecule has 0 unspecified atom stereocenters. The fraction of sp³-hybridized carbons (Fsp3) is 0.227. The molecule has 1 N–H and O–H groups in total. The van der Waals surface area contributed by atoms with Crippen LogP contribution in [0.3, 0.4) is 0 Å². The maximum absolute atomic E-state index is 13.0. The summed E-state index contributed by atoms with van der Waals surface area (Å²) < 4.78 is 27.5. The zero-order valence-electron chi connectivity index (χ0n) is 15.6. The van der Waals surface area contributed by atoms with Gasteiger partial charge in [0.15, 0.2) is 0 Å². The van der Waals surface area contributed by atoms with Crippen LogP contribution < -0.4 is 5.32 Å². The summed E-state index contributed by atoms with van der Waals surface area (Å²) in [6, 6.07) is 21.3. The van der Waals surface area contributed by atoms with Crippen LogP contribution in [0.1, 0.15) is 22.4 Å². The highest BCUT2D eigenvalue weighted by Crippen LogP contribution is 2.23. The Labute approximate surface area is 166 Å². The fourth-order valence-electron chi connectivity index (χ4n) is 3.41. The molecule has 6 heteroatoms. The molecule has 2 heterocycles. The number of pyridine rings is 1. The molecule has 2 aromatic carbocycles. The summed E-state index contributed by atoms with van der Waals surface area (Å²) in [7, 11) is -3.51. The molecule has 0 fully saturated rings. The molecule has 0 aliphatic carbocycles. The molecule has 1 aliphatic heterocycles. The summed E-state index contributed by atoms with van der Waals surface area (Å²) in [4.78, 5) is 4.67. The first-order chi connectivity index (χ1) is 13.6. The maximum atomic E-state index is 13.0. The molecule has 0 saturated carbocycles. The molecule has 0 amide bonds. The van der Waals surface area contributed by atoms with E-state index in [1.54, 1.807) is 18.3 Å². The van der Waals surface area contributed by atoms with Crippen molar-refractivity contribution in [2.45, 2.75) is 31.0 Å². The molecular formula is C22H23N3O2S. The van der Waals surface area contributed by atoms with E-state index in [2.05, 4.69) is 22.4 Å². The second kappa shape index (κ2) is 8.22. The van der Waals surface area contributed by atoms with Gasteiger partial charge in [0.2, 0.25) is 10.0 Å². The van der Waals surface area contributed by atoms with Gasteiger partial charge in [0, 0.05) is 25.8 Å². The van der Waals surface area contributed by atoms with Gasteiger partial charge in [0.05, 0.1) is 17.1 Å². The molecule has 4 rings (SSSR count). The Hall–Kier alpha value is -2.54. The number of rotatable bonds is 6. The third-order valence-corrected chi connectivity index (χ3v) is 6.86. The van der Waals surface area contributed by atoms with Gasteiger partial charge in [-0.15, -0.1) is 0 Å². The lowest BCUT2D eigenvalue weighted by atomic mass is 10.1. The van der Waals surface area contributed by atoms with Gasteiger partial charge in [-0.25, -0.2) is 8.42 Å². The second-order valence-corrected chi connectivity index (χ2v) is 8.87. The van der Waals surface area contributed by atoms with Gasteiger partial charge < -0.3 is 5.32 Å². The van der Waals surface area contributed by atoms with Gasteiger partial charge in [-0.3, -0.25) is 4.98 Å². The summed E-state index contributed by atoms with van der Waals surface area (Å²) in [6.07, 6.45) is 2.41. The Kier molecular flexibility index (Phi) is 5.52. The molecule has 0 bridgehead atoms. The monoisotopic (exact) mass is 393 g/mol. The van der Waals surface area contributed by atoms with Gasteiger partial charge >= 0.3 is 0 Å². The number of fused-ring (bicyclic) bond motifs is 1. The number of sulfonamides is 1. The Balaban J connectivity index is 1.40. The normalized spacial score (nSPS) is 14.6. The van der Waals surface area contributed by atoms with E-state index in [1.165, 1.54) is 9.87 Å². The maximum Gasteiger partial charge on any atom is 0.243 e. The predicted octanol–water partition coefficient (Wildman–Crippen LogP) is 3.12. The number of nitrogens with one attached hydrogen (secondary N) is 1. The van der Waals surface area contributed by atoms with Crippen LogP contribution in [0.4, 0.5) is 0 Å². The molecule has 5 nitrogen and oxygen atoms in total. The highest BCUT2D eigenvalue weighted by molar-refractivity contribution is 7.89. The van der Waals surface area contributed by atoms with Crippen molar-refractivity contribution in [2.75, 3.05) is 6.54 Å². The largest absolute Gasteiger partial charge is 0.309 e. The van der Waals surface area contributed by atoms with Gasteiger partial charge in [0.25, 0.3) is 0 Å². The zero-order chi connectivity index (χ0) is 19.4. The first kappa shape index (κ1) is 18.8. The third kappa shape index (κ3) is 4.14. The van der Waals surface area contributed by atoms with Crippen LogP contribution in [-0.4, -0.2) is 24.3 Å². The fourth-order valence-corrected chi connectivity index (χ4v) is 4.82. The lowest BCUT2D eigenvalue weighted by molar-refractivity contribution is 0.385. The molecule has 0 spiro atoms. The molecule has 0 radical (unpaired) electrons. The number of nitrogens with zero attached hydrogens (tertiary/aromatic N) is 2. The molecule has 1 aromatic heterocycles. The molecule has 28 heavy (non-hydrogen) atoms. The summed E-state index contributed by atoms with van der Waals surface area (Å²) in [5, 5.41) is 3.38. The average Bonchev–Trinajstić information content (AvgIpc) is 2.74. The van der Waals surface area contributed by atoms with Gasteiger partial charge in [-0.05, 0) is 41.3 Å². The quantitative estimate of drug-likeness (QED) is 0.699. The number of benzene rings is 2. The average molecular weight is 394 g/mol. The van der Waals surface area contributed by atoms with Crippen molar-refractivity contribution in [1.82, 2.24) is 14.6 Å². The highest BCUT2D eigenvalue weighted by Gasteiger charge is 2.28. The first-order valence-corrected chi connectivity index (χ1v) is 10.8. The van der Waals surface area contributed by atoms with E-state index >= 15 is 0 Å². The zero-order valence-corrected chi connectivity index (χ0v) is 16.4. The minimum atomic E-state index is -3.51. The van der Waals surface area contributed by atoms with Crippen molar-refractivity contribution in [2.24, 2.45) is 0 Å². The highest BCUT2D eigenvalue weighted by atomic mass is 32.2. The number of hydrogen-bond acceptors (Lipinski definition) is 4. The Morgan fingerprint density at radius 3 is 2.36 bits per heavy atom. The Morgan fingerprint density at radius 2 is 1.61 bits per heavy atom. The lowest BCUT2D eigenvalue weighted by Gasteiger charge is -2.27. The van der Waals surface area contributed by atoms with Crippen LogP contribution in [0.15, 0.2) is 77.8 Å². The lowest BCUT2D eigenvalue weighted by Crippen LogP contribution is -2.36. The predicted molar refractivity (Wildman–Crippen MR) is 109 cm³/mol. The van der Waals surface area contributed by atoms with Crippen LogP contribution in [0.25, 0.3) is 0 Å². The van der Waals surface area contributed by atoms with Crippen LogP contribution in [0.5, 0.6) is 0 Å². The van der Waals surface area contributed by atoms with Crippen molar-refractivity contribution in [1.29, 1.82) is 0 Å². The van der Waals surface area contributed by atoms with E-state index in [1.807, 2.05) is 42.5 Å². The minimum Gasteiger partial charge on any atom is -0.309 e. The van der Waals surface area contributed by atoms with E-state index in [9.17, 15) is 8.42 Å². The van der Waals surface area contributed by atoms with Crippen LogP contribution in [0, 0.1) is 0 Å². The molecule has 1 aliphatic rings. The van der Waals surface area contributed by atoms with Crippen molar-refractivity contribution >= 4 is 10.0 Å². The van der Waals surface area contributed by atoms with E-state index in [4.69, 9.17) is 0 Å². The Bertz CT molecular complexity index is 1030. The minimum absolute atomic E-state index is 0.332. The smallest absolute Gasteiger partial charge is 0.243 e. The van der Waals surface area contributed by atoms with Gasteiger partial charge in [-0.2, -0.15) is 4.31 Å².